The van der Waals surface area contributed by atoms with Crippen LogP contribution in [-0.2, 0) is 31.1 Å². The van der Waals surface area contributed by atoms with E-state index in [1.165, 1.54) is 110 Å². The molecule has 0 bridgehead atoms. The number of hydrogen-bond donors (Lipinski definition) is 0. The number of fused-ring (bicyclic) bond motifs is 22. The second kappa shape index (κ2) is 10.7. The van der Waals surface area contributed by atoms with Gasteiger partial charge in [-0.2, -0.15) is 0 Å². The van der Waals surface area contributed by atoms with E-state index >= 15 is 0 Å². The van der Waals surface area contributed by atoms with Crippen LogP contribution >= 0.6 is 0 Å². The maximum atomic E-state index is 5.52. The second-order valence-corrected chi connectivity index (χ2v) is 16.7. The van der Waals surface area contributed by atoms with Gasteiger partial charge in [-0.05, 0) is 127 Å². The number of hydrogen-bond acceptors (Lipinski definition) is 2. The third-order valence-electron chi connectivity index (χ3n) is 14.0. The molecule has 0 radical (unpaired) electrons. The van der Waals surface area contributed by atoms with Gasteiger partial charge in [0, 0.05) is 32.7 Å². The molecule has 0 saturated carbocycles. The third kappa shape index (κ3) is 3.81. The molecule has 0 atom stereocenters. The summed E-state index contributed by atoms with van der Waals surface area (Å²) in [5.74, 6) is 0. The van der Waals surface area contributed by atoms with Crippen molar-refractivity contribution in [3.05, 3.63) is 202 Å². The van der Waals surface area contributed by atoms with Gasteiger partial charge in [0.2, 0.25) is 0 Å². The Balaban J connectivity index is 1.02. The zero-order valence-corrected chi connectivity index (χ0v) is 31.2. The van der Waals surface area contributed by atoms with Crippen LogP contribution < -0.4 is 0 Å². The first-order valence-corrected chi connectivity index (χ1v) is 20.4. The predicted octanol–water partition coefficient (Wildman–Crippen LogP) is 13.0. The van der Waals surface area contributed by atoms with Crippen molar-refractivity contribution in [2.45, 2.75) is 31.1 Å². The van der Waals surface area contributed by atoms with Gasteiger partial charge >= 0.3 is 0 Å². The number of aromatic nitrogens is 2. The lowest BCUT2D eigenvalue weighted by atomic mass is 9.69. The molecule has 2 heteroatoms. The fourth-order valence-corrected chi connectivity index (χ4v) is 11.5. The summed E-state index contributed by atoms with van der Waals surface area (Å²) >= 11 is 0. The molecule has 0 aliphatic heterocycles. The molecule has 2 heterocycles. The zero-order chi connectivity index (χ0) is 37.0. The Morgan fingerprint density at radius 2 is 0.737 bits per heavy atom. The highest BCUT2D eigenvalue weighted by Gasteiger charge is 2.52. The summed E-state index contributed by atoms with van der Waals surface area (Å²) in [6.07, 6.45) is 4.00. The molecule has 14 rings (SSSR count). The molecule has 8 aromatic carbocycles. The standard InChI is InChI=1S/C55H34N2/c1-3-11-39-31(9-1)17-21-35-25-37-23-19-33-27-49-45(29-43(33)53(37)56-51(35)39)41-13-5-7-15-47(41)55(49)48-16-8-6-14-42(48)46-30-44-34(28-50(46)55)20-24-38-26-36-22-18-32-10-2-4-12-40(32)52(36)57-54(38)44/h1-18,21-22,25-30H,19-20,23-24H2. The molecule has 4 aliphatic carbocycles. The minimum atomic E-state index is -0.400. The maximum Gasteiger partial charge on any atom is 0.0788 e. The van der Waals surface area contributed by atoms with Crippen molar-refractivity contribution >= 4 is 43.4 Å². The van der Waals surface area contributed by atoms with Crippen LogP contribution in [0.25, 0.3) is 88.1 Å². The summed E-state index contributed by atoms with van der Waals surface area (Å²) in [7, 11) is 0. The van der Waals surface area contributed by atoms with Crippen LogP contribution in [0, 0.1) is 0 Å². The SMILES string of the molecule is c1ccc2c(c1)-c1cc3c(cc1C21c2ccccc2-c2cc4c(cc21)CCc1cc2ccc5ccccc5c2nc1-4)CCc1cc2ccc4ccccc4c2nc1-3. The number of pyridine rings is 2. The molecule has 4 aliphatic rings. The molecule has 0 unspecified atom stereocenters. The summed E-state index contributed by atoms with van der Waals surface area (Å²) in [6, 6.07) is 59.7. The van der Waals surface area contributed by atoms with Crippen molar-refractivity contribution in [2.24, 2.45) is 0 Å². The summed E-state index contributed by atoms with van der Waals surface area (Å²) in [6.45, 7) is 0. The summed E-state index contributed by atoms with van der Waals surface area (Å²) in [5.41, 5.74) is 23.1. The lowest BCUT2D eigenvalue weighted by molar-refractivity contribution is 0.785. The Morgan fingerprint density at radius 3 is 1.25 bits per heavy atom. The van der Waals surface area contributed by atoms with E-state index < -0.39 is 5.41 Å². The van der Waals surface area contributed by atoms with Crippen LogP contribution in [0.5, 0.6) is 0 Å². The minimum Gasteiger partial charge on any atom is -0.247 e. The van der Waals surface area contributed by atoms with Gasteiger partial charge in [-0.3, -0.25) is 0 Å². The van der Waals surface area contributed by atoms with Gasteiger partial charge in [-0.15, -0.1) is 0 Å². The van der Waals surface area contributed by atoms with Gasteiger partial charge in [-0.25, -0.2) is 9.97 Å². The molecule has 0 amide bonds. The van der Waals surface area contributed by atoms with Crippen molar-refractivity contribution in [2.75, 3.05) is 0 Å². The van der Waals surface area contributed by atoms with E-state index in [0.29, 0.717) is 0 Å². The van der Waals surface area contributed by atoms with Crippen molar-refractivity contribution in [3.63, 3.8) is 0 Å². The average Bonchev–Trinajstić information content (AvgIpc) is 3.72. The molecular formula is C55H34N2. The summed E-state index contributed by atoms with van der Waals surface area (Å²) in [4.78, 5) is 11.0. The van der Waals surface area contributed by atoms with Crippen molar-refractivity contribution in [3.8, 4) is 44.8 Å². The highest BCUT2D eigenvalue weighted by Crippen LogP contribution is 2.64. The Bertz CT molecular complexity index is 3250. The van der Waals surface area contributed by atoms with Crippen LogP contribution in [0.4, 0.5) is 0 Å². The molecule has 0 fully saturated rings. The van der Waals surface area contributed by atoms with E-state index in [9.17, 15) is 0 Å². The van der Waals surface area contributed by atoms with Gasteiger partial charge in [0.25, 0.3) is 0 Å². The average molecular weight is 723 g/mol. The molecule has 57 heavy (non-hydrogen) atoms. The van der Waals surface area contributed by atoms with Gasteiger partial charge in [0.15, 0.2) is 0 Å². The van der Waals surface area contributed by atoms with E-state index in [2.05, 4.69) is 158 Å². The van der Waals surface area contributed by atoms with E-state index in [4.69, 9.17) is 9.97 Å². The second-order valence-electron chi connectivity index (χ2n) is 16.7. The maximum absolute atomic E-state index is 5.52. The Morgan fingerprint density at radius 1 is 0.316 bits per heavy atom. The van der Waals surface area contributed by atoms with Crippen LogP contribution in [-0.4, -0.2) is 9.97 Å². The van der Waals surface area contributed by atoms with Gasteiger partial charge in [-0.1, -0.05) is 133 Å². The largest absolute Gasteiger partial charge is 0.247 e. The number of nitrogens with zero attached hydrogens (tertiary/aromatic N) is 2. The first-order chi connectivity index (χ1) is 28.2. The molecular weight excluding hydrogens is 689 g/mol. The lowest BCUT2D eigenvalue weighted by Crippen LogP contribution is -2.26. The van der Waals surface area contributed by atoms with Crippen molar-refractivity contribution < 1.29 is 0 Å². The van der Waals surface area contributed by atoms with Gasteiger partial charge in [0.1, 0.15) is 0 Å². The molecule has 2 nitrogen and oxygen atoms in total. The normalized spacial score (nSPS) is 14.9. The smallest absolute Gasteiger partial charge is 0.0788 e. The quantitative estimate of drug-likeness (QED) is 0.146. The summed E-state index contributed by atoms with van der Waals surface area (Å²) < 4.78 is 0. The molecule has 2 aromatic heterocycles. The fraction of sp³-hybridized carbons (Fsp3) is 0.0909. The predicted molar refractivity (Wildman–Crippen MR) is 234 cm³/mol. The van der Waals surface area contributed by atoms with Crippen LogP contribution in [0.15, 0.2) is 158 Å². The zero-order valence-electron chi connectivity index (χ0n) is 31.2. The molecule has 1 spiro atoms. The minimum absolute atomic E-state index is 0.400. The van der Waals surface area contributed by atoms with Crippen LogP contribution in [0.2, 0.25) is 0 Å². The van der Waals surface area contributed by atoms with E-state index in [0.717, 1.165) is 48.1 Å². The Kier molecular flexibility index (Phi) is 5.69. The highest BCUT2D eigenvalue weighted by molar-refractivity contribution is 6.08. The van der Waals surface area contributed by atoms with Gasteiger partial charge in [0.05, 0.1) is 27.8 Å². The molecule has 0 saturated heterocycles. The fourth-order valence-electron chi connectivity index (χ4n) is 11.5. The first kappa shape index (κ1) is 30.3. The van der Waals surface area contributed by atoms with E-state index in [-0.39, 0.29) is 0 Å². The number of aryl methyl sites for hydroxylation is 4. The van der Waals surface area contributed by atoms with E-state index in [1.807, 2.05) is 0 Å². The molecule has 0 N–H and O–H groups in total. The Labute approximate surface area is 330 Å². The molecule has 10 aromatic rings. The number of benzene rings is 8. The third-order valence-corrected chi connectivity index (χ3v) is 14.0. The van der Waals surface area contributed by atoms with E-state index in [1.54, 1.807) is 0 Å². The highest BCUT2D eigenvalue weighted by atomic mass is 14.7. The lowest BCUT2D eigenvalue weighted by Gasteiger charge is -2.32. The van der Waals surface area contributed by atoms with Gasteiger partial charge < -0.3 is 0 Å². The number of rotatable bonds is 0. The monoisotopic (exact) mass is 722 g/mol. The summed E-state index contributed by atoms with van der Waals surface area (Å²) in [5, 5.41) is 7.36. The Hall–Kier alpha value is -6.90. The topological polar surface area (TPSA) is 25.8 Å². The van der Waals surface area contributed by atoms with Crippen molar-refractivity contribution in [1.29, 1.82) is 0 Å². The molecule has 264 valence electrons. The van der Waals surface area contributed by atoms with Crippen molar-refractivity contribution in [1.82, 2.24) is 9.97 Å². The van der Waals surface area contributed by atoms with Crippen LogP contribution in [0.3, 0.4) is 0 Å². The first-order valence-electron chi connectivity index (χ1n) is 20.4. The van der Waals surface area contributed by atoms with Crippen LogP contribution in [0.1, 0.15) is 44.5 Å².